The summed E-state index contributed by atoms with van der Waals surface area (Å²) in [6.07, 6.45) is 0. The van der Waals surface area contributed by atoms with E-state index in [0.29, 0.717) is 0 Å². The second kappa shape index (κ2) is 2.51. The lowest BCUT2D eigenvalue weighted by Gasteiger charge is -2.15. The first kappa shape index (κ1) is 7.22. The predicted octanol–water partition coefficient (Wildman–Crippen LogP) is 2.12. The Kier molecular flexibility index (Phi) is 2.58. The maximum atomic E-state index is 5.40. The van der Waals surface area contributed by atoms with E-state index in [0.717, 1.165) is 12.1 Å². The van der Waals surface area contributed by atoms with E-state index in [1.54, 1.807) is 0 Å². The zero-order valence-electron chi connectivity index (χ0n) is 5.07. The normalized spacial score (nSPS) is 12.0. The van der Waals surface area contributed by atoms with Gasteiger partial charge in [0.15, 0.2) is 0 Å². The molecule has 0 heterocycles. The third-order valence-electron chi connectivity index (χ3n) is 1.11. The van der Waals surface area contributed by atoms with E-state index in [1.807, 2.05) is 0 Å². The largest absolute Gasteiger partial charge is 0.0693 e. The van der Waals surface area contributed by atoms with Gasteiger partial charge in [-0.15, -0.1) is 0 Å². The summed E-state index contributed by atoms with van der Waals surface area (Å²) in [5.41, 5.74) is 0. The Bertz CT molecular complexity index is 42.1. The minimum absolute atomic E-state index is 0.809. The van der Waals surface area contributed by atoms with Crippen LogP contribution >= 0.6 is 0 Å². The Morgan fingerprint density at radius 2 is 1.43 bits per heavy atom. The van der Waals surface area contributed by atoms with Gasteiger partial charge in [-0.3, -0.25) is 0 Å². The zero-order chi connectivity index (χ0) is 5.91. The smallest absolute Gasteiger partial charge is 0.0479 e. The molecule has 0 saturated carbocycles. The Labute approximate surface area is 47.9 Å². The number of hydrogen-bond donors (Lipinski definition) is 0. The maximum Gasteiger partial charge on any atom is 0.0479 e. The van der Waals surface area contributed by atoms with E-state index in [4.69, 9.17) is 13.8 Å². The Morgan fingerprint density at radius 1 is 1.14 bits per heavy atom. The van der Waals surface area contributed by atoms with E-state index in [2.05, 4.69) is 13.1 Å². The van der Waals surface area contributed by atoms with Gasteiger partial charge in [0.2, 0.25) is 0 Å². The van der Waals surface area contributed by atoms with Crippen molar-refractivity contribution in [2.75, 3.05) is 0 Å². The van der Waals surface area contributed by atoms with Crippen molar-refractivity contribution in [2.24, 2.45) is 0 Å². The number of hydrogen-bond acceptors (Lipinski definition) is 0. The summed E-state index contributed by atoms with van der Waals surface area (Å²) < 4.78 is 0. The molecule has 0 atom stereocenters. The summed E-state index contributed by atoms with van der Waals surface area (Å²) >= 11 is 0. The highest BCUT2D eigenvalue weighted by molar-refractivity contribution is 6.77. The van der Waals surface area contributed by atoms with Crippen LogP contribution in [0, 0.1) is 13.8 Å². The second-order valence-corrected chi connectivity index (χ2v) is 7.72. The lowest BCUT2D eigenvalue weighted by molar-refractivity contribution is 1.42. The van der Waals surface area contributed by atoms with Gasteiger partial charge in [0, 0.05) is 8.07 Å². The van der Waals surface area contributed by atoms with Gasteiger partial charge >= 0.3 is 0 Å². The molecule has 7 heavy (non-hydrogen) atoms. The molecular weight excluding hydrogens is 100 g/mol. The van der Waals surface area contributed by atoms with Crippen molar-refractivity contribution in [3.63, 3.8) is 0 Å². The fourth-order valence-corrected chi connectivity index (χ4v) is 0.250. The standard InChI is InChI=1S/C6H12Si/c1-5-7(3,4)6-2/h1-2H,5-6H2,3-4H3. The van der Waals surface area contributed by atoms with Crippen LogP contribution in [0.4, 0.5) is 0 Å². The molecule has 0 aliphatic rings. The molecule has 0 N–H and O–H groups in total. The van der Waals surface area contributed by atoms with Crippen LogP contribution in [0.3, 0.4) is 0 Å². The number of rotatable bonds is 2. The van der Waals surface area contributed by atoms with E-state index >= 15 is 0 Å². The first-order valence-electron chi connectivity index (χ1n) is 2.52. The lowest BCUT2D eigenvalue weighted by Crippen LogP contribution is -2.21. The molecule has 0 amide bonds. The van der Waals surface area contributed by atoms with Crippen LogP contribution in [0.1, 0.15) is 0 Å². The summed E-state index contributed by atoms with van der Waals surface area (Å²) in [6, 6.07) is 1.62. The van der Waals surface area contributed by atoms with Gasteiger partial charge in [-0.05, 0) is 13.8 Å². The Morgan fingerprint density at radius 3 is 1.43 bits per heavy atom. The van der Waals surface area contributed by atoms with Gasteiger partial charge in [0.25, 0.3) is 0 Å². The van der Waals surface area contributed by atoms with Crippen molar-refractivity contribution in [2.45, 2.75) is 25.2 Å². The highest BCUT2D eigenvalue weighted by Crippen LogP contribution is 2.11. The summed E-state index contributed by atoms with van der Waals surface area (Å²) in [5, 5.41) is 0. The molecule has 1 heteroatoms. The quantitative estimate of drug-likeness (QED) is 0.480. The topological polar surface area (TPSA) is 0 Å². The molecule has 0 aromatic rings. The first-order valence-corrected chi connectivity index (χ1v) is 5.94. The first-order chi connectivity index (χ1) is 3.12. The fourth-order valence-electron chi connectivity index (χ4n) is 0.0833. The van der Waals surface area contributed by atoms with Crippen molar-refractivity contribution >= 4 is 8.07 Å². The highest BCUT2D eigenvalue weighted by Gasteiger charge is 2.13. The maximum absolute atomic E-state index is 5.40. The molecule has 0 aromatic carbocycles. The van der Waals surface area contributed by atoms with Crippen molar-refractivity contribution in [1.82, 2.24) is 0 Å². The minimum Gasteiger partial charge on any atom is -0.0693 e. The fraction of sp³-hybridized carbons (Fsp3) is 0.667. The molecule has 0 aromatic heterocycles. The van der Waals surface area contributed by atoms with E-state index in [-0.39, 0.29) is 0 Å². The van der Waals surface area contributed by atoms with E-state index in [1.165, 1.54) is 0 Å². The van der Waals surface area contributed by atoms with Crippen LogP contribution in [0.5, 0.6) is 0 Å². The van der Waals surface area contributed by atoms with Gasteiger partial charge in [-0.25, -0.2) is 0 Å². The molecule has 0 rings (SSSR count). The summed E-state index contributed by atoms with van der Waals surface area (Å²) in [7, 11) is -1.10. The predicted molar refractivity (Wildman–Crippen MR) is 35.7 cm³/mol. The molecule has 4 radical (unpaired) electrons. The molecular formula is C6H12Si. The van der Waals surface area contributed by atoms with E-state index < -0.39 is 8.07 Å². The van der Waals surface area contributed by atoms with Crippen molar-refractivity contribution in [1.29, 1.82) is 0 Å². The highest BCUT2D eigenvalue weighted by atomic mass is 28.3. The van der Waals surface area contributed by atoms with Crippen LogP contribution in [-0.4, -0.2) is 8.07 Å². The third kappa shape index (κ3) is 2.86. The summed E-state index contributed by atoms with van der Waals surface area (Å²) in [6.45, 7) is 15.2. The molecule has 0 bridgehead atoms. The van der Waals surface area contributed by atoms with Crippen LogP contribution in [-0.2, 0) is 0 Å². The summed E-state index contributed by atoms with van der Waals surface area (Å²) in [4.78, 5) is 0. The SMILES string of the molecule is [CH]C[Si](C)(C)C[CH]. The molecule has 40 valence electrons. The molecule has 0 aliphatic heterocycles. The van der Waals surface area contributed by atoms with Gasteiger partial charge in [-0.2, -0.15) is 0 Å². The van der Waals surface area contributed by atoms with Crippen LogP contribution in [0.15, 0.2) is 0 Å². The van der Waals surface area contributed by atoms with Crippen molar-refractivity contribution in [3.05, 3.63) is 13.8 Å². The molecule has 0 aliphatic carbocycles. The van der Waals surface area contributed by atoms with Crippen LogP contribution in [0.2, 0.25) is 25.2 Å². The summed E-state index contributed by atoms with van der Waals surface area (Å²) in [5.74, 6) is 0. The third-order valence-corrected chi connectivity index (χ3v) is 3.32. The molecule has 0 nitrogen and oxygen atoms in total. The Hall–Kier alpha value is 0.217. The van der Waals surface area contributed by atoms with Crippen LogP contribution in [0.25, 0.3) is 0 Å². The molecule has 0 saturated heterocycles. The van der Waals surface area contributed by atoms with Gasteiger partial charge < -0.3 is 0 Å². The zero-order valence-corrected chi connectivity index (χ0v) is 6.07. The minimum atomic E-state index is -1.10. The molecule has 0 spiro atoms. The van der Waals surface area contributed by atoms with Crippen LogP contribution < -0.4 is 0 Å². The van der Waals surface area contributed by atoms with Gasteiger partial charge in [0.05, 0.1) is 0 Å². The monoisotopic (exact) mass is 112 g/mol. The van der Waals surface area contributed by atoms with E-state index in [9.17, 15) is 0 Å². The lowest BCUT2D eigenvalue weighted by atomic mass is 10.9. The molecule has 0 fully saturated rings. The van der Waals surface area contributed by atoms with Crippen molar-refractivity contribution in [3.8, 4) is 0 Å². The van der Waals surface area contributed by atoms with Crippen molar-refractivity contribution < 1.29 is 0 Å². The van der Waals surface area contributed by atoms with Gasteiger partial charge in [0.1, 0.15) is 0 Å². The van der Waals surface area contributed by atoms with Gasteiger partial charge in [-0.1, -0.05) is 25.2 Å². The second-order valence-electron chi connectivity index (χ2n) is 2.57. The average Bonchev–Trinajstić information content (AvgIpc) is 1.68. The average molecular weight is 112 g/mol. The molecule has 0 unspecified atom stereocenters. The Balaban J connectivity index is 3.36.